The van der Waals surface area contributed by atoms with Crippen LogP contribution in [0.1, 0.15) is 25.7 Å². The summed E-state index contributed by atoms with van der Waals surface area (Å²) in [4.78, 5) is 4.79. The molecule has 0 amide bonds. The Morgan fingerprint density at radius 3 is 2.52 bits per heavy atom. The number of fused-ring (bicyclic) bond motifs is 2. The average molecular weight is 344 g/mol. The lowest BCUT2D eigenvalue weighted by molar-refractivity contribution is -0.00274. The van der Waals surface area contributed by atoms with Crippen LogP contribution < -0.4 is 4.90 Å². The Bertz CT molecular complexity index is 530. The Balaban J connectivity index is 1.13. The first-order chi connectivity index (χ1) is 12.3. The summed E-state index contributed by atoms with van der Waals surface area (Å²) in [7, 11) is 0. The van der Waals surface area contributed by atoms with E-state index in [1.807, 2.05) is 0 Å². The van der Waals surface area contributed by atoms with Crippen molar-refractivity contribution in [2.45, 2.75) is 31.8 Å². The van der Waals surface area contributed by atoms with Crippen molar-refractivity contribution >= 4 is 5.69 Å². The number of ether oxygens (including phenoxy) is 1. The topological polar surface area (TPSA) is 35.9 Å². The zero-order chi connectivity index (χ0) is 17.1. The molecule has 138 valence electrons. The molecule has 4 unspecified atom stereocenters. The molecule has 0 spiro atoms. The van der Waals surface area contributed by atoms with Crippen LogP contribution in [0, 0.1) is 17.8 Å². The number of benzene rings is 1. The zero-order valence-corrected chi connectivity index (χ0v) is 15.2. The van der Waals surface area contributed by atoms with Crippen molar-refractivity contribution in [2.75, 3.05) is 50.8 Å². The summed E-state index contributed by atoms with van der Waals surface area (Å²) in [6.07, 6.45) is 5.29. The minimum atomic E-state index is -0.359. The molecule has 2 aliphatic carbocycles. The van der Waals surface area contributed by atoms with E-state index in [0.717, 1.165) is 57.1 Å². The molecule has 0 radical (unpaired) electrons. The summed E-state index contributed by atoms with van der Waals surface area (Å²) < 4.78 is 5.88. The van der Waals surface area contributed by atoms with E-state index in [9.17, 15) is 5.11 Å². The molecule has 0 aromatic heterocycles. The first kappa shape index (κ1) is 17.3. The number of β-amino-alcohol motifs (C(OH)–C–C–N with tert-alkyl or cyclic N) is 1. The normalized spacial score (nSPS) is 30.8. The van der Waals surface area contributed by atoms with Crippen LogP contribution in [0.15, 0.2) is 30.3 Å². The number of anilines is 1. The SMILES string of the molecule is OC(COCC1CC2CCC1C2)CN1CCN(c2ccccc2)CC1. The fourth-order valence-electron chi connectivity index (χ4n) is 5.11. The second-order valence-electron chi connectivity index (χ2n) is 8.25. The third-order valence-electron chi connectivity index (χ3n) is 6.49. The largest absolute Gasteiger partial charge is 0.389 e. The van der Waals surface area contributed by atoms with Gasteiger partial charge in [0.2, 0.25) is 0 Å². The molecule has 1 N–H and O–H groups in total. The highest BCUT2D eigenvalue weighted by Gasteiger charge is 2.39. The summed E-state index contributed by atoms with van der Waals surface area (Å²) in [6, 6.07) is 10.6. The summed E-state index contributed by atoms with van der Waals surface area (Å²) in [5, 5.41) is 10.3. The second-order valence-corrected chi connectivity index (χ2v) is 8.25. The number of nitrogens with zero attached hydrogens (tertiary/aromatic N) is 2. The molecule has 3 fully saturated rings. The van der Waals surface area contributed by atoms with E-state index < -0.39 is 0 Å². The molecule has 4 nitrogen and oxygen atoms in total. The van der Waals surface area contributed by atoms with Gasteiger partial charge in [0.15, 0.2) is 0 Å². The molecule has 4 heteroatoms. The first-order valence-corrected chi connectivity index (χ1v) is 10.1. The Labute approximate surface area is 151 Å². The fraction of sp³-hybridized carbons (Fsp3) is 0.714. The van der Waals surface area contributed by atoms with Crippen molar-refractivity contribution < 1.29 is 9.84 Å². The number of rotatable bonds is 7. The molecule has 1 aromatic rings. The van der Waals surface area contributed by atoms with Crippen molar-refractivity contribution in [1.82, 2.24) is 4.90 Å². The molecule has 1 aliphatic heterocycles. The Morgan fingerprint density at radius 1 is 1.04 bits per heavy atom. The predicted octanol–water partition coefficient (Wildman–Crippen LogP) is 2.62. The monoisotopic (exact) mass is 344 g/mol. The highest BCUT2D eigenvalue weighted by molar-refractivity contribution is 5.46. The minimum absolute atomic E-state index is 0.359. The number of hydrogen-bond donors (Lipinski definition) is 1. The van der Waals surface area contributed by atoms with Crippen molar-refractivity contribution in [3.8, 4) is 0 Å². The van der Waals surface area contributed by atoms with Gasteiger partial charge in [-0.2, -0.15) is 0 Å². The summed E-state index contributed by atoms with van der Waals surface area (Å²) in [5.74, 6) is 2.65. The van der Waals surface area contributed by atoms with Gasteiger partial charge in [0, 0.05) is 45.0 Å². The number of aliphatic hydroxyl groups is 1. The van der Waals surface area contributed by atoms with Crippen LogP contribution in [-0.2, 0) is 4.74 Å². The van der Waals surface area contributed by atoms with E-state index in [4.69, 9.17) is 4.74 Å². The van der Waals surface area contributed by atoms with Gasteiger partial charge in [-0.1, -0.05) is 24.6 Å². The van der Waals surface area contributed by atoms with Crippen molar-refractivity contribution in [3.05, 3.63) is 30.3 Å². The number of hydrogen-bond acceptors (Lipinski definition) is 4. The molecule has 1 saturated heterocycles. The summed E-state index contributed by atoms with van der Waals surface area (Å²) >= 11 is 0. The van der Waals surface area contributed by atoms with Gasteiger partial charge in [0.25, 0.3) is 0 Å². The van der Waals surface area contributed by atoms with Crippen LogP contribution in [0.25, 0.3) is 0 Å². The Morgan fingerprint density at radius 2 is 1.84 bits per heavy atom. The molecule has 4 atom stereocenters. The van der Waals surface area contributed by atoms with Crippen LogP contribution in [0.3, 0.4) is 0 Å². The van der Waals surface area contributed by atoms with Crippen molar-refractivity contribution in [2.24, 2.45) is 17.8 Å². The first-order valence-electron chi connectivity index (χ1n) is 10.1. The van der Waals surface area contributed by atoms with Gasteiger partial charge in [-0.15, -0.1) is 0 Å². The average Bonchev–Trinajstić information content (AvgIpc) is 3.26. The fourth-order valence-corrected chi connectivity index (χ4v) is 5.11. The van der Waals surface area contributed by atoms with E-state index in [2.05, 4.69) is 40.1 Å². The van der Waals surface area contributed by atoms with Crippen LogP contribution in [-0.4, -0.2) is 62.0 Å². The van der Waals surface area contributed by atoms with Gasteiger partial charge in [0.1, 0.15) is 0 Å². The molecular weight excluding hydrogens is 312 g/mol. The molecule has 4 rings (SSSR count). The van der Waals surface area contributed by atoms with E-state index in [0.29, 0.717) is 6.61 Å². The lowest BCUT2D eigenvalue weighted by Crippen LogP contribution is -2.49. The predicted molar refractivity (Wildman–Crippen MR) is 101 cm³/mol. The molecular formula is C21H32N2O2. The van der Waals surface area contributed by atoms with Gasteiger partial charge in [0.05, 0.1) is 12.7 Å². The lowest BCUT2D eigenvalue weighted by Gasteiger charge is -2.36. The maximum absolute atomic E-state index is 10.3. The number of piperazine rings is 1. The van der Waals surface area contributed by atoms with Gasteiger partial charge < -0.3 is 14.7 Å². The van der Waals surface area contributed by atoms with Crippen LogP contribution in [0.4, 0.5) is 5.69 Å². The van der Waals surface area contributed by atoms with Crippen molar-refractivity contribution in [3.63, 3.8) is 0 Å². The molecule has 2 bridgehead atoms. The highest BCUT2D eigenvalue weighted by atomic mass is 16.5. The number of aliphatic hydroxyl groups excluding tert-OH is 1. The van der Waals surface area contributed by atoms with E-state index in [1.54, 1.807) is 0 Å². The van der Waals surface area contributed by atoms with Gasteiger partial charge in [-0.25, -0.2) is 0 Å². The van der Waals surface area contributed by atoms with Gasteiger partial charge in [-0.05, 0) is 49.1 Å². The molecule has 1 heterocycles. The molecule has 3 aliphatic rings. The molecule has 25 heavy (non-hydrogen) atoms. The number of para-hydroxylation sites is 1. The molecule has 1 aromatic carbocycles. The third kappa shape index (κ3) is 4.36. The van der Waals surface area contributed by atoms with Crippen molar-refractivity contribution in [1.29, 1.82) is 0 Å². The third-order valence-corrected chi connectivity index (χ3v) is 6.49. The summed E-state index contributed by atoms with van der Waals surface area (Å²) in [6.45, 7) is 6.17. The lowest BCUT2D eigenvalue weighted by atomic mass is 9.90. The summed E-state index contributed by atoms with van der Waals surface area (Å²) in [5.41, 5.74) is 1.30. The zero-order valence-electron chi connectivity index (χ0n) is 15.2. The smallest absolute Gasteiger partial charge is 0.0900 e. The van der Waals surface area contributed by atoms with E-state index in [1.165, 1.54) is 31.4 Å². The maximum Gasteiger partial charge on any atom is 0.0900 e. The maximum atomic E-state index is 10.3. The van der Waals surface area contributed by atoms with Crippen LogP contribution in [0.5, 0.6) is 0 Å². The van der Waals surface area contributed by atoms with Crippen LogP contribution in [0.2, 0.25) is 0 Å². The standard InChI is InChI=1S/C21H32N2O2/c24-21(16-25-15-19-13-17-6-7-18(19)12-17)14-22-8-10-23(11-9-22)20-4-2-1-3-5-20/h1-5,17-19,21,24H,6-16H2. The quantitative estimate of drug-likeness (QED) is 0.825. The van der Waals surface area contributed by atoms with Gasteiger partial charge >= 0.3 is 0 Å². The van der Waals surface area contributed by atoms with Crippen LogP contribution >= 0.6 is 0 Å². The minimum Gasteiger partial charge on any atom is -0.389 e. The molecule has 2 saturated carbocycles. The van der Waals surface area contributed by atoms with Gasteiger partial charge in [-0.3, -0.25) is 4.90 Å². The van der Waals surface area contributed by atoms with E-state index >= 15 is 0 Å². The highest BCUT2D eigenvalue weighted by Crippen LogP contribution is 2.48. The Kier molecular flexibility index (Phi) is 5.59. The van der Waals surface area contributed by atoms with E-state index in [-0.39, 0.29) is 6.10 Å². The Hall–Kier alpha value is -1.10. The second kappa shape index (κ2) is 8.07.